The van der Waals surface area contributed by atoms with Gasteiger partial charge in [0.05, 0.1) is 10.6 Å². The maximum Gasteiger partial charge on any atom is 0.270 e. The minimum atomic E-state index is -0.142. The molecule has 0 spiro atoms. The Balaban J connectivity index is 1.85. The van der Waals surface area contributed by atoms with Crippen molar-refractivity contribution in [2.45, 2.75) is 6.92 Å². The van der Waals surface area contributed by atoms with E-state index in [2.05, 4.69) is 0 Å². The van der Waals surface area contributed by atoms with Gasteiger partial charge in [-0.1, -0.05) is 60.4 Å². The number of thioether (sulfide) groups is 1. The van der Waals surface area contributed by atoms with E-state index in [1.54, 1.807) is 12.1 Å². The van der Waals surface area contributed by atoms with E-state index < -0.39 is 0 Å². The SMILES string of the molecule is CC(=C/c1ccccc1)/C=C1/SC(=S)N(c2ccc(O)cc2)C1=O. The number of aromatic hydroxyl groups is 1. The third kappa shape index (κ3) is 3.58. The molecule has 2 aromatic carbocycles. The average Bonchev–Trinajstić information content (AvgIpc) is 2.83. The number of anilines is 1. The number of hydrogen-bond acceptors (Lipinski definition) is 4. The summed E-state index contributed by atoms with van der Waals surface area (Å²) in [5.41, 5.74) is 2.72. The number of hydrogen-bond donors (Lipinski definition) is 1. The number of carbonyl (C=O) groups is 1. The molecule has 1 aliphatic heterocycles. The number of amides is 1. The van der Waals surface area contributed by atoms with Gasteiger partial charge >= 0.3 is 0 Å². The lowest BCUT2D eigenvalue weighted by Crippen LogP contribution is -2.27. The number of allylic oxidation sites excluding steroid dienone is 2. The molecule has 24 heavy (non-hydrogen) atoms. The molecule has 1 N–H and O–H groups in total. The van der Waals surface area contributed by atoms with Gasteiger partial charge < -0.3 is 5.11 Å². The third-order valence-corrected chi connectivity index (χ3v) is 4.76. The van der Waals surface area contributed by atoms with Gasteiger partial charge in [0.15, 0.2) is 4.32 Å². The van der Waals surface area contributed by atoms with Gasteiger partial charge in [-0.25, -0.2) is 0 Å². The molecule has 1 fully saturated rings. The maximum absolute atomic E-state index is 12.6. The Bertz CT molecular complexity index is 839. The number of thiocarbonyl (C=S) groups is 1. The smallest absolute Gasteiger partial charge is 0.270 e. The van der Waals surface area contributed by atoms with Crippen molar-refractivity contribution in [2.75, 3.05) is 4.90 Å². The average molecular weight is 353 g/mol. The predicted molar refractivity (Wildman–Crippen MR) is 104 cm³/mol. The lowest BCUT2D eigenvalue weighted by atomic mass is 10.1. The summed E-state index contributed by atoms with van der Waals surface area (Å²) in [5.74, 6) is 0.0119. The first-order chi connectivity index (χ1) is 11.5. The van der Waals surface area contributed by atoms with Crippen LogP contribution < -0.4 is 4.90 Å². The van der Waals surface area contributed by atoms with E-state index in [4.69, 9.17) is 12.2 Å². The zero-order valence-electron chi connectivity index (χ0n) is 13.0. The molecule has 0 saturated carbocycles. The summed E-state index contributed by atoms with van der Waals surface area (Å²) in [6.07, 6.45) is 3.87. The van der Waals surface area contributed by atoms with Gasteiger partial charge in [-0.2, -0.15) is 0 Å². The fraction of sp³-hybridized carbons (Fsp3) is 0.0526. The van der Waals surface area contributed by atoms with E-state index in [0.29, 0.717) is 14.9 Å². The molecule has 0 aliphatic carbocycles. The van der Waals surface area contributed by atoms with Crippen molar-refractivity contribution in [3.63, 3.8) is 0 Å². The van der Waals surface area contributed by atoms with Gasteiger partial charge in [0.1, 0.15) is 5.75 Å². The van der Waals surface area contributed by atoms with Crippen LogP contribution in [0.25, 0.3) is 6.08 Å². The van der Waals surface area contributed by atoms with E-state index in [-0.39, 0.29) is 11.7 Å². The highest BCUT2D eigenvalue weighted by atomic mass is 32.2. The van der Waals surface area contributed by atoms with Crippen molar-refractivity contribution >= 4 is 46.0 Å². The highest BCUT2D eigenvalue weighted by Crippen LogP contribution is 2.36. The van der Waals surface area contributed by atoms with Crippen LogP contribution in [0.15, 0.2) is 71.2 Å². The van der Waals surface area contributed by atoms with Crippen LogP contribution in [0, 0.1) is 0 Å². The second kappa shape index (κ2) is 7.03. The summed E-state index contributed by atoms with van der Waals surface area (Å²) in [5, 5.41) is 9.38. The minimum absolute atomic E-state index is 0.142. The zero-order chi connectivity index (χ0) is 17.1. The van der Waals surface area contributed by atoms with Crippen LogP contribution in [0.2, 0.25) is 0 Å². The number of benzene rings is 2. The fourth-order valence-corrected chi connectivity index (χ4v) is 3.70. The van der Waals surface area contributed by atoms with E-state index in [1.807, 2.05) is 49.4 Å². The van der Waals surface area contributed by atoms with Crippen LogP contribution in [0.1, 0.15) is 12.5 Å². The molecular weight excluding hydrogens is 338 g/mol. The third-order valence-electron chi connectivity index (χ3n) is 3.45. The monoisotopic (exact) mass is 353 g/mol. The first-order valence-electron chi connectivity index (χ1n) is 7.35. The van der Waals surface area contributed by atoms with Crippen molar-refractivity contribution in [3.8, 4) is 5.75 Å². The molecule has 0 aromatic heterocycles. The molecule has 0 bridgehead atoms. The van der Waals surface area contributed by atoms with Crippen molar-refractivity contribution < 1.29 is 9.90 Å². The molecule has 120 valence electrons. The van der Waals surface area contributed by atoms with Gasteiger partial charge in [0.25, 0.3) is 5.91 Å². The molecule has 0 unspecified atom stereocenters. The molecule has 1 aliphatic rings. The highest BCUT2D eigenvalue weighted by molar-refractivity contribution is 8.27. The molecule has 3 nitrogen and oxygen atoms in total. The molecule has 0 atom stereocenters. The Morgan fingerprint density at radius 3 is 2.46 bits per heavy atom. The van der Waals surface area contributed by atoms with Gasteiger partial charge in [-0.3, -0.25) is 9.69 Å². The van der Waals surface area contributed by atoms with Gasteiger partial charge in [-0.05, 0) is 48.4 Å². The molecule has 5 heteroatoms. The van der Waals surface area contributed by atoms with Crippen LogP contribution in [-0.4, -0.2) is 15.3 Å². The van der Waals surface area contributed by atoms with Crippen molar-refractivity contribution in [2.24, 2.45) is 0 Å². The van der Waals surface area contributed by atoms with E-state index in [0.717, 1.165) is 11.1 Å². The Hall–Kier alpha value is -2.37. The first kappa shape index (κ1) is 16.5. The largest absolute Gasteiger partial charge is 0.508 e. The second-order valence-electron chi connectivity index (χ2n) is 5.33. The summed E-state index contributed by atoms with van der Waals surface area (Å²) < 4.78 is 0.490. The molecule has 1 amide bonds. The topological polar surface area (TPSA) is 40.5 Å². The summed E-state index contributed by atoms with van der Waals surface area (Å²) >= 11 is 6.62. The zero-order valence-corrected chi connectivity index (χ0v) is 14.6. The van der Waals surface area contributed by atoms with Gasteiger partial charge in [-0.15, -0.1) is 0 Å². The summed E-state index contributed by atoms with van der Waals surface area (Å²) in [4.78, 5) is 14.7. The molecule has 2 aromatic rings. The van der Waals surface area contributed by atoms with Gasteiger partial charge in [0.2, 0.25) is 0 Å². The molecule has 0 radical (unpaired) electrons. The number of carbonyl (C=O) groups excluding carboxylic acids is 1. The lowest BCUT2D eigenvalue weighted by molar-refractivity contribution is -0.113. The number of rotatable bonds is 3. The first-order valence-corrected chi connectivity index (χ1v) is 8.57. The van der Waals surface area contributed by atoms with Crippen molar-refractivity contribution in [3.05, 3.63) is 76.7 Å². The van der Waals surface area contributed by atoms with Crippen LogP contribution in [0.3, 0.4) is 0 Å². The number of phenols is 1. The Morgan fingerprint density at radius 1 is 1.12 bits per heavy atom. The highest BCUT2D eigenvalue weighted by Gasteiger charge is 2.33. The van der Waals surface area contributed by atoms with Crippen LogP contribution >= 0.6 is 24.0 Å². The lowest BCUT2D eigenvalue weighted by Gasteiger charge is -2.14. The van der Waals surface area contributed by atoms with Crippen LogP contribution in [0.4, 0.5) is 5.69 Å². The van der Waals surface area contributed by atoms with Crippen LogP contribution in [-0.2, 0) is 4.79 Å². The summed E-state index contributed by atoms with van der Waals surface area (Å²) in [6.45, 7) is 1.96. The standard InChI is InChI=1S/C19H15NO2S2/c1-13(11-14-5-3-2-4-6-14)12-17-18(22)20(19(23)24-17)15-7-9-16(21)10-8-15/h2-12,21H,1H3/b13-11-,17-12+. The fourth-order valence-electron chi connectivity index (χ4n) is 2.35. The van der Waals surface area contributed by atoms with Gasteiger partial charge in [0, 0.05) is 0 Å². The van der Waals surface area contributed by atoms with E-state index in [1.165, 1.54) is 28.8 Å². The maximum atomic E-state index is 12.6. The Labute approximate surface area is 150 Å². The van der Waals surface area contributed by atoms with Crippen LogP contribution in [0.5, 0.6) is 5.75 Å². The van der Waals surface area contributed by atoms with Crippen molar-refractivity contribution in [1.82, 2.24) is 0 Å². The second-order valence-corrected chi connectivity index (χ2v) is 7.01. The summed E-state index contributed by atoms with van der Waals surface area (Å²) in [6, 6.07) is 16.4. The van der Waals surface area contributed by atoms with Crippen molar-refractivity contribution in [1.29, 1.82) is 0 Å². The van der Waals surface area contributed by atoms with E-state index >= 15 is 0 Å². The molecule has 1 saturated heterocycles. The normalized spacial score (nSPS) is 17.0. The molecule has 1 heterocycles. The molecular formula is C19H15NO2S2. The van der Waals surface area contributed by atoms with E-state index in [9.17, 15) is 9.90 Å². The quantitative estimate of drug-likeness (QED) is 0.639. The number of phenolic OH excluding ortho intramolecular Hbond substituents is 1. The summed E-state index contributed by atoms with van der Waals surface area (Å²) in [7, 11) is 0. The molecule has 3 rings (SSSR count). The Morgan fingerprint density at radius 2 is 1.79 bits per heavy atom. The minimum Gasteiger partial charge on any atom is -0.508 e. The predicted octanol–water partition coefficient (Wildman–Crippen LogP) is 4.74. The number of nitrogens with zero attached hydrogens (tertiary/aromatic N) is 1. The Kier molecular flexibility index (Phi) is 4.83.